The molecule has 2 aromatic carbocycles. The quantitative estimate of drug-likeness (QED) is 0.440. The monoisotopic (exact) mass is 442 g/mol. The van der Waals surface area contributed by atoms with Crippen LogP contribution in [0.15, 0.2) is 60.8 Å². The number of ether oxygens (including phenoxy) is 1. The third-order valence-corrected chi connectivity index (χ3v) is 5.93. The van der Waals surface area contributed by atoms with Crippen LogP contribution < -0.4 is 4.74 Å². The molecule has 0 saturated carbocycles. The van der Waals surface area contributed by atoms with Crippen LogP contribution in [0.4, 0.5) is 0 Å². The molecule has 2 heterocycles. The number of pyridine rings is 1. The molecule has 33 heavy (non-hydrogen) atoms. The van der Waals surface area contributed by atoms with E-state index in [0.29, 0.717) is 41.1 Å². The maximum absolute atomic E-state index is 13.5. The molecule has 0 aliphatic carbocycles. The second kappa shape index (κ2) is 9.28. The van der Waals surface area contributed by atoms with E-state index in [2.05, 4.69) is 4.98 Å². The van der Waals surface area contributed by atoms with Crippen molar-refractivity contribution in [1.82, 2.24) is 9.55 Å². The van der Waals surface area contributed by atoms with E-state index in [1.807, 2.05) is 56.3 Å². The molecule has 0 bridgehead atoms. The number of aliphatic carboxylic acids is 1. The molecule has 0 amide bonds. The van der Waals surface area contributed by atoms with E-state index in [1.165, 1.54) is 0 Å². The number of aromatic nitrogens is 2. The van der Waals surface area contributed by atoms with Crippen molar-refractivity contribution in [2.24, 2.45) is 0 Å². The summed E-state index contributed by atoms with van der Waals surface area (Å²) < 4.78 is 7.52. The number of carboxylic acid groups (broad SMARTS) is 1. The van der Waals surface area contributed by atoms with E-state index in [-0.39, 0.29) is 12.3 Å². The molecule has 0 spiro atoms. The van der Waals surface area contributed by atoms with Crippen LogP contribution in [-0.4, -0.2) is 33.1 Å². The van der Waals surface area contributed by atoms with Gasteiger partial charge in [0.15, 0.2) is 0 Å². The number of nitrogens with zero attached hydrogens (tertiary/aromatic N) is 2. The Morgan fingerprint density at radius 1 is 1.00 bits per heavy atom. The second-order valence-electron chi connectivity index (χ2n) is 8.13. The summed E-state index contributed by atoms with van der Waals surface area (Å²) in [5.41, 5.74) is 5.50. The van der Waals surface area contributed by atoms with E-state index in [9.17, 15) is 14.7 Å². The lowest BCUT2D eigenvalue weighted by Gasteiger charge is -2.12. The molecule has 4 rings (SSSR count). The molecule has 0 aliphatic rings. The fourth-order valence-corrected chi connectivity index (χ4v) is 4.20. The molecule has 1 N–H and O–H groups in total. The number of para-hydroxylation sites is 1. The molecule has 0 saturated heterocycles. The maximum atomic E-state index is 13.5. The fourth-order valence-electron chi connectivity index (χ4n) is 4.20. The van der Waals surface area contributed by atoms with Gasteiger partial charge >= 0.3 is 5.97 Å². The average molecular weight is 443 g/mol. The SMILES string of the molecule is Cc1cc(OCCc2ncccc2C)ccc1C(=O)n1c(C)c(CC(=O)O)c2ccccc21. The number of aryl methyl sites for hydroxylation is 2. The Kier molecular flexibility index (Phi) is 6.27. The molecule has 168 valence electrons. The van der Waals surface area contributed by atoms with E-state index < -0.39 is 5.97 Å². The van der Waals surface area contributed by atoms with Crippen molar-refractivity contribution < 1.29 is 19.4 Å². The van der Waals surface area contributed by atoms with Crippen LogP contribution >= 0.6 is 0 Å². The molecule has 0 aliphatic heterocycles. The third-order valence-electron chi connectivity index (χ3n) is 5.93. The molecule has 0 fully saturated rings. The minimum absolute atomic E-state index is 0.131. The first kappa shape index (κ1) is 22.3. The number of hydrogen-bond acceptors (Lipinski definition) is 4. The number of rotatable bonds is 7. The van der Waals surface area contributed by atoms with Gasteiger partial charge in [0, 0.05) is 35.0 Å². The van der Waals surface area contributed by atoms with Crippen LogP contribution in [-0.2, 0) is 17.6 Å². The summed E-state index contributed by atoms with van der Waals surface area (Å²) >= 11 is 0. The number of benzene rings is 2. The van der Waals surface area contributed by atoms with E-state index >= 15 is 0 Å². The first-order chi connectivity index (χ1) is 15.9. The first-order valence-electron chi connectivity index (χ1n) is 10.9. The standard InChI is InChI=1S/C27H26N2O4/c1-17-7-6-13-28-24(17)12-14-33-20-10-11-21(18(2)15-20)27(32)29-19(3)23(16-26(30)31)22-8-4-5-9-25(22)29/h4-11,13,15H,12,14,16H2,1-3H3,(H,30,31). The fraction of sp³-hybridized carbons (Fsp3) is 0.222. The smallest absolute Gasteiger partial charge is 0.307 e. The first-order valence-corrected chi connectivity index (χ1v) is 10.9. The summed E-state index contributed by atoms with van der Waals surface area (Å²) in [4.78, 5) is 29.3. The van der Waals surface area contributed by atoms with Gasteiger partial charge < -0.3 is 9.84 Å². The van der Waals surface area contributed by atoms with Crippen LogP contribution in [0.5, 0.6) is 5.75 Å². The van der Waals surface area contributed by atoms with Crippen LogP contribution in [0.2, 0.25) is 0 Å². The molecule has 0 atom stereocenters. The lowest BCUT2D eigenvalue weighted by Crippen LogP contribution is -2.15. The predicted molar refractivity (Wildman–Crippen MR) is 127 cm³/mol. The number of carbonyl (C=O) groups excluding carboxylic acids is 1. The van der Waals surface area contributed by atoms with Crippen LogP contribution in [0.3, 0.4) is 0 Å². The van der Waals surface area contributed by atoms with Crippen molar-refractivity contribution >= 4 is 22.8 Å². The van der Waals surface area contributed by atoms with Crippen molar-refractivity contribution in [3.8, 4) is 5.75 Å². The lowest BCUT2D eigenvalue weighted by atomic mass is 10.1. The van der Waals surface area contributed by atoms with Gasteiger partial charge in [-0.05, 0) is 67.8 Å². The number of hydrogen-bond donors (Lipinski definition) is 1. The zero-order valence-corrected chi connectivity index (χ0v) is 19.0. The van der Waals surface area contributed by atoms with Gasteiger partial charge in [-0.25, -0.2) is 0 Å². The van der Waals surface area contributed by atoms with E-state index in [0.717, 1.165) is 22.2 Å². The van der Waals surface area contributed by atoms with Crippen LogP contribution in [0.25, 0.3) is 10.9 Å². The van der Waals surface area contributed by atoms with Crippen molar-refractivity contribution in [2.45, 2.75) is 33.6 Å². The molecule has 0 radical (unpaired) electrons. The van der Waals surface area contributed by atoms with Gasteiger partial charge in [0.05, 0.1) is 18.5 Å². The highest BCUT2D eigenvalue weighted by Crippen LogP contribution is 2.28. The van der Waals surface area contributed by atoms with Crippen molar-refractivity contribution in [3.05, 3.63) is 94.4 Å². The normalized spacial score (nSPS) is 11.0. The van der Waals surface area contributed by atoms with Crippen molar-refractivity contribution in [1.29, 1.82) is 0 Å². The largest absolute Gasteiger partial charge is 0.493 e. The highest BCUT2D eigenvalue weighted by atomic mass is 16.5. The van der Waals surface area contributed by atoms with Gasteiger partial charge in [-0.15, -0.1) is 0 Å². The topological polar surface area (TPSA) is 81.4 Å². The summed E-state index contributed by atoms with van der Waals surface area (Å²) in [6, 6.07) is 16.8. The highest BCUT2D eigenvalue weighted by molar-refractivity contribution is 6.05. The molecule has 6 heteroatoms. The molecule has 2 aromatic heterocycles. The Labute approximate surface area is 192 Å². The summed E-state index contributed by atoms with van der Waals surface area (Å²) in [6.45, 7) is 6.19. The summed E-state index contributed by atoms with van der Waals surface area (Å²) in [5.74, 6) is -0.418. The average Bonchev–Trinajstić information content (AvgIpc) is 3.06. The molecular weight excluding hydrogens is 416 g/mol. The summed E-state index contributed by atoms with van der Waals surface area (Å²) in [6.07, 6.45) is 2.35. The Hall–Kier alpha value is -3.93. The molecular formula is C27H26N2O4. The number of carboxylic acids is 1. The Morgan fingerprint density at radius 3 is 2.52 bits per heavy atom. The Morgan fingerprint density at radius 2 is 1.79 bits per heavy atom. The van der Waals surface area contributed by atoms with Crippen LogP contribution in [0.1, 0.15) is 38.4 Å². The van der Waals surface area contributed by atoms with Gasteiger partial charge in [0.2, 0.25) is 0 Å². The predicted octanol–water partition coefficient (Wildman–Crippen LogP) is 4.90. The van der Waals surface area contributed by atoms with E-state index in [4.69, 9.17) is 4.74 Å². The maximum Gasteiger partial charge on any atom is 0.307 e. The second-order valence-corrected chi connectivity index (χ2v) is 8.13. The molecule has 6 nitrogen and oxygen atoms in total. The van der Waals surface area contributed by atoms with Gasteiger partial charge in [-0.2, -0.15) is 0 Å². The van der Waals surface area contributed by atoms with E-state index in [1.54, 1.807) is 29.8 Å². The number of carbonyl (C=O) groups is 2. The Bertz CT molecular complexity index is 1350. The lowest BCUT2D eigenvalue weighted by molar-refractivity contribution is -0.136. The highest BCUT2D eigenvalue weighted by Gasteiger charge is 2.22. The molecule has 0 unspecified atom stereocenters. The van der Waals surface area contributed by atoms with Crippen LogP contribution in [0, 0.1) is 20.8 Å². The Balaban J connectivity index is 1.58. The minimum Gasteiger partial charge on any atom is -0.493 e. The van der Waals surface area contributed by atoms with Crippen molar-refractivity contribution in [2.75, 3.05) is 6.61 Å². The number of fused-ring (bicyclic) bond motifs is 1. The molecule has 4 aromatic rings. The minimum atomic E-state index is -0.924. The van der Waals surface area contributed by atoms with Gasteiger partial charge in [-0.1, -0.05) is 24.3 Å². The van der Waals surface area contributed by atoms with Gasteiger partial charge in [0.1, 0.15) is 5.75 Å². The summed E-state index contributed by atoms with van der Waals surface area (Å²) in [7, 11) is 0. The van der Waals surface area contributed by atoms with Crippen molar-refractivity contribution in [3.63, 3.8) is 0 Å². The van der Waals surface area contributed by atoms with Gasteiger partial charge in [0.25, 0.3) is 5.91 Å². The third kappa shape index (κ3) is 4.51. The van der Waals surface area contributed by atoms with Gasteiger partial charge in [-0.3, -0.25) is 19.1 Å². The zero-order chi connectivity index (χ0) is 23.5. The summed E-state index contributed by atoms with van der Waals surface area (Å²) in [5, 5.41) is 10.1. The zero-order valence-electron chi connectivity index (χ0n) is 19.0.